The predicted octanol–water partition coefficient (Wildman–Crippen LogP) is 4.18. The molecule has 5 heteroatoms. The molecule has 22 heavy (non-hydrogen) atoms. The number of hydrogen-bond donors (Lipinski definition) is 1. The summed E-state index contributed by atoms with van der Waals surface area (Å²) in [5, 5.41) is 3.69. The highest BCUT2D eigenvalue weighted by molar-refractivity contribution is 6.32. The molecule has 0 radical (unpaired) electrons. The molecule has 1 N–H and O–H groups in total. The Morgan fingerprint density at radius 3 is 2.64 bits per heavy atom. The molecule has 0 aliphatic carbocycles. The van der Waals surface area contributed by atoms with Gasteiger partial charge in [0.15, 0.2) is 11.5 Å². The van der Waals surface area contributed by atoms with Crippen LogP contribution in [0.4, 0.5) is 4.39 Å². The first-order valence-corrected chi connectivity index (χ1v) is 7.46. The Morgan fingerprint density at radius 2 is 1.95 bits per heavy atom. The standard InChI is InChI=1S/C17H19ClFNO2/c1-3-22-16-9-12(8-14(18)17(16)21-2)10-20-11-13-6-4-5-7-15(13)19/h4-9,20H,3,10-11H2,1-2H3. The number of methoxy groups -OCH3 is 1. The molecule has 0 heterocycles. The van der Waals surface area contributed by atoms with Gasteiger partial charge in [0.2, 0.25) is 0 Å². The maximum atomic E-state index is 13.5. The third-order valence-electron chi connectivity index (χ3n) is 3.18. The van der Waals surface area contributed by atoms with E-state index in [1.165, 1.54) is 6.07 Å². The Morgan fingerprint density at radius 1 is 1.18 bits per heavy atom. The normalized spacial score (nSPS) is 10.5. The van der Waals surface area contributed by atoms with Gasteiger partial charge in [-0.2, -0.15) is 0 Å². The number of benzene rings is 2. The van der Waals surface area contributed by atoms with Crippen molar-refractivity contribution in [1.29, 1.82) is 0 Å². The number of nitrogens with one attached hydrogen (secondary N) is 1. The molecule has 0 aliphatic heterocycles. The molecule has 0 saturated carbocycles. The van der Waals surface area contributed by atoms with Crippen LogP contribution in [-0.2, 0) is 13.1 Å². The summed E-state index contributed by atoms with van der Waals surface area (Å²) >= 11 is 6.20. The van der Waals surface area contributed by atoms with Gasteiger partial charge in [0.25, 0.3) is 0 Å². The highest BCUT2D eigenvalue weighted by Crippen LogP contribution is 2.36. The van der Waals surface area contributed by atoms with Crippen LogP contribution < -0.4 is 14.8 Å². The smallest absolute Gasteiger partial charge is 0.179 e. The van der Waals surface area contributed by atoms with E-state index in [9.17, 15) is 4.39 Å². The minimum atomic E-state index is -0.210. The summed E-state index contributed by atoms with van der Waals surface area (Å²) in [6.45, 7) is 3.42. The number of ether oxygens (including phenoxy) is 2. The summed E-state index contributed by atoms with van der Waals surface area (Å²) in [7, 11) is 1.56. The van der Waals surface area contributed by atoms with E-state index in [-0.39, 0.29) is 5.82 Å². The minimum Gasteiger partial charge on any atom is -0.491 e. The lowest BCUT2D eigenvalue weighted by Crippen LogP contribution is -2.14. The van der Waals surface area contributed by atoms with Gasteiger partial charge in [0.1, 0.15) is 5.82 Å². The van der Waals surface area contributed by atoms with Crippen molar-refractivity contribution in [2.45, 2.75) is 20.0 Å². The molecule has 2 aromatic rings. The van der Waals surface area contributed by atoms with Crippen molar-refractivity contribution in [1.82, 2.24) is 5.32 Å². The van der Waals surface area contributed by atoms with Gasteiger partial charge in [-0.05, 0) is 30.7 Å². The average Bonchev–Trinajstić information content (AvgIpc) is 2.49. The van der Waals surface area contributed by atoms with Crippen LogP contribution in [-0.4, -0.2) is 13.7 Å². The first-order valence-electron chi connectivity index (χ1n) is 7.09. The van der Waals surface area contributed by atoms with Gasteiger partial charge in [-0.15, -0.1) is 0 Å². The fourth-order valence-electron chi connectivity index (χ4n) is 2.17. The van der Waals surface area contributed by atoms with Crippen molar-refractivity contribution >= 4 is 11.6 Å². The fourth-order valence-corrected chi connectivity index (χ4v) is 2.48. The summed E-state index contributed by atoms with van der Waals surface area (Å²) in [5.74, 6) is 0.930. The molecular weight excluding hydrogens is 305 g/mol. The van der Waals surface area contributed by atoms with E-state index in [0.717, 1.165) is 5.56 Å². The number of halogens is 2. The van der Waals surface area contributed by atoms with Crippen LogP contribution in [0.15, 0.2) is 36.4 Å². The minimum absolute atomic E-state index is 0.210. The van der Waals surface area contributed by atoms with Crippen LogP contribution in [0.2, 0.25) is 5.02 Å². The van der Waals surface area contributed by atoms with E-state index in [4.69, 9.17) is 21.1 Å². The van der Waals surface area contributed by atoms with Gasteiger partial charge >= 0.3 is 0 Å². The van der Waals surface area contributed by atoms with Crippen molar-refractivity contribution in [3.63, 3.8) is 0 Å². The molecular formula is C17H19ClFNO2. The topological polar surface area (TPSA) is 30.5 Å². The third kappa shape index (κ3) is 4.12. The van der Waals surface area contributed by atoms with Crippen LogP contribution in [0.5, 0.6) is 11.5 Å². The molecule has 0 amide bonds. The first kappa shape index (κ1) is 16.6. The molecule has 0 unspecified atom stereocenters. The Bertz CT molecular complexity index is 634. The van der Waals surface area contributed by atoms with E-state index in [1.54, 1.807) is 19.2 Å². The monoisotopic (exact) mass is 323 g/mol. The predicted molar refractivity (Wildman–Crippen MR) is 86.1 cm³/mol. The van der Waals surface area contributed by atoms with Crippen molar-refractivity contribution in [3.05, 3.63) is 58.4 Å². The molecule has 0 bridgehead atoms. The summed E-state index contributed by atoms with van der Waals surface area (Å²) in [4.78, 5) is 0. The van der Waals surface area contributed by atoms with Crippen LogP contribution in [0.3, 0.4) is 0 Å². The van der Waals surface area contributed by atoms with Crippen molar-refractivity contribution in [2.75, 3.05) is 13.7 Å². The van der Waals surface area contributed by atoms with E-state index < -0.39 is 0 Å². The molecule has 118 valence electrons. The van der Waals surface area contributed by atoms with E-state index in [0.29, 0.717) is 41.8 Å². The summed E-state index contributed by atoms with van der Waals surface area (Å²) in [6.07, 6.45) is 0. The molecule has 0 aromatic heterocycles. The summed E-state index contributed by atoms with van der Waals surface area (Å²) < 4.78 is 24.3. The van der Waals surface area contributed by atoms with E-state index >= 15 is 0 Å². The third-order valence-corrected chi connectivity index (χ3v) is 3.46. The first-order chi connectivity index (χ1) is 10.7. The maximum Gasteiger partial charge on any atom is 0.179 e. The molecule has 3 nitrogen and oxygen atoms in total. The van der Waals surface area contributed by atoms with Crippen molar-refractivity contribution in [2.24, 2.45) is 0 Å². The lowest BCUT2D eigenvalue weighted by atomic mass is 10.1. The summed E-state index contributed by atoms with van der Waals surface area (Å²) in [5.41, 5.74) is 1.58. The molecule has 0 spiro atoms. The van der Waals surface area contributed by atoms with Gasteiger partial charge in [-0.3, -0.25) is 0 Å². The van der Waals surface area contributed by atoms with Crippen LogP contribution in [0.1, 0.15) is 18.1 Å². The largest absolute Gasteiger partial charge is 0.491 e. The zero-order valence-corrected chi connectivity index (χ0v) is 13.4. The quantitative estimate of drug-likeness (QED) is 0.829. The Labute approximate surface area is 135 Å². The van der Waals surface area contributed by atoms with Crippen LogP contribution in [0.25, 0.3) is 0 Å². The van der Waals surface area contributed by atoms with Gasteiger partial charge in [-0.1, -0.05) is 29.8 Å². The Balaban J connectivity index is 2.05. The van der Waals surface area contributed by atoms with E-state index in [2.05, 4.69) is 5.32 Å². The molecule has 0 aliphatic rings. The average molecular weight is 324 g/mol. The molecule has 0 saturated heterocycles. The summed E-state index contributed by atoms with van der Waals surface area (Å²) in [6, 6.07) is 10.4. The zero-order valence-electron chi connectivity index (χ0n) is 12.7. The van der Waals surface area contributed by atoms with Crippen LogP contribution >= 0.6 is 11.6 Å². The van der Waals surface area contributed by atoms with Crippen molar-refractivity contribution < 1.29 is 13.9 Å². The zero-order chi connectivity index (χ0) is 15.9. The van der Waals surface area contributed by atoms with Crippen molar-refractivity contribution in [3.8, 4) is 11.5 Å². The molecule has 2 rings (SSSR count). The van der Waals surface area contributed by atoms with Gasteiger partial charge in [0.05, 0.1) is 18.7 Å². The maximum absolute atomic E-state index is 13.5. The SMILES string of the molecule is CCOc1cc(CNCc2ccccc2F)cc(Cl)c1OC. The van der Waals surface area contributed by atoms with E-state index in [1.807, 2.05) is 25.1 Å². The van der Waals surface area contributed by atoms with Gasteiger partial charge in [0, 0.05) is 18.7 Å². The Kier molecular flexibility index (Phi) is 6.04. The second-order valence-corrected chi connectivity index (χ2v) is 5.14. The lowest BCUT2D eigenvalue weighted by molar-refractivity contribution is 0.310. The van der Waals surface area contributed by atoms with Crippen LogP contribution in [0, 0.1) is 5.82 Å². The number of rotatable bonds is 7. The highest BCUT2D eigenvalue weighted by Gasteiger charge is 2.11. The fraction of sp³-hybridized carbons (Fsp3) is 0.294. The molecule has 2 aromatic carbocycles. The molecule has 0 atom stereocenters. The van der Waals surface area contributed by atoms with Gasteiger partial charge in [-0.25, -0.2) is 4.39 Å². The lowest BCUT2D eigenvalue weighted by Gasteiger charge is -2.13. The second kappa shape index (κ2) is 8.01. The molecule has 0 fully saturated rings. The van der Waals surface area contributed by atoms with Gasteiger partial charge < -0.3 is 14.8 Å². The highest BCUT2D eigenvalue weighted by atomic mass is 35.5. The second-order valence-electron chi connectivity index (χ2n) is 4.74. The Hall–Kier alpha value is -1.78. The number of hydrogen-bond acceptors (Lipinski definition) is 3.